The largest absolute Gasteiger partial charge is 0.359 e. The highest BCUT2D eigenvalue weighted by Gasteiger charge is 2.26. The lowest BCUT2D eigenvalue weighted by atomic mass is 9.93. The molecule has 0 spiro atoms. The Kier molecular flexibility index (Phi) is 6.89. The Labute approximate surface area is 133 Å². The first kappa shape index (κ1) is 18.0. The van der Waals surface area contributed by atoms with Crippen molar-refractivity contribution in [1.29, 1.82) is 0 Å². The first-order chi connectivity index (χ1) is 10.4. The molecule has 0 heterocycles. The van der Waals surface area contributed by atoms with Crippen LogP contribution in [0.25, 0.3) is 0 Å². The van der Waals surface area contributed by atoms with Crippen molar-refractivity contribution in [2.24, 2.45) is 10.4 Å². The molecular weight excluding hydrogens is 276 g/mol. The number of nitrogens with one attached hydrogen (secondary N) is 3. The number of aliphatic imine (C=N–C) groups is 1. The predicted octanol–water partition coefficient (Wildman–Crippen LogP) is 2.07. The number of guanidine groups is 1. The van der Waals surface area contributed by atoms with Gasteiger partial charge in [-0.15, -0.1) is 0 Å². The smallest absolute Gasteiger partial charge is 0.227 e. The lowest BCUT2D eigenvalue weighted by molar-refractivity contribution is -0.128. The van der Waals surface area contributed by atoms with Gasteiger partial charge in [0, 0.05) is 13.6 Å². The summed E-state index contributed by atoms with van der Waals surface area (Å²) in [6.07, 6.45) is 0. The number of hydrogen-bond donors (Lipinski definition) is 3. The summed E-state index contributed by atoms with van der Waals surface area (Å²) in [5.41, 5.74) is 0.659. The zero-order valence-electron chi connectivity index (χ0n) is 14.2. The van der Waals surface area contributed by atoms with Crippen LogP contribution in [0.15, 0.2) is 35.3 Å². The Balaban J connectivity index is 2.76. The molecule has 0 saturated carbocycles. The van der Waals surface area contributed by atoms with E-state index in [1.165, 1.54) is 5.56 Å². The molecule has 1 aromatic rings. The van der Waals surface area contributed by atoms with E-state index < -0.39 is 5.41 Å². The summed E-state index contributed by atoms with van der Waals surface area (Å²) < 4.78 is 0. The normalized spacial score (nSPS) is 13.4. The predicted molar refractivity (Wildman–Crippen MR) is 91.8 cm³/mol. The van der Waals surface area contributed by atoms with E-state index in [2.05, 4.69) is 40.0 Å². The summed E-state index contributed by atoms with van der Waals surface area (Å²) in [6, 6.07) is 10.3. The number of benzene rings is 1. The van der Waals surface area contributed by atoms with Gasteiger partial charge in [0.2, 0.25) is 5.91 Å². The van der Waals surface area contributed by atoms with Crippen molar-refractivity contribution >= 4 is 11.9 Å². The SMILES string of the molecule is CCNC(=NCC(C)(C)C(=O)NC)NC(C)c1ccccc1. The van der Waals surface area contributed by atoms with Crippen molar-refractivity contribution in [2.75, 3.05) is 20.1 Å². The molecule has 0 fully saturated rings. The first-order valence-corrected chi connectivity index (χ1v) is 7.72. The van der Waals surface area contributed by atoms with E-state index in [1.807, 2.05) is 39.0 Å². The molecule has 0 aliphatic rings. The van der Waals surface area contributed by atoms with E-state index in [9.17, 15) is 4.79 Å². The van der Waals surface area contributed by atoms with Crippen molar-refractivity contribution in [3.8, 4) is 0 Å². The van der Waals surface area contributed by atoms with Crippen molar-refractivity contribution in [3.05, 3.63) is 35.9 Å². The Hall–Kier alpha value is -2.04. The maximum absolute atomic E-state index is 11.8. The highest BCUT2D eigenvalue weighted by Crippen LogP contribution is 2.16. The molecule has 0 saturated heterocycles. The fourth-order valence-corrected chi connectivity index (χ4v) is 2.04. The minimum Gasteiger partial charge on any atom is -0.359 e. The van der Waals surface area contributed by atoms with Crippen molar-refractivity contribution in [2.45, 2.75) is 33.7 Å². The van der Waals surface area contributed by atoms with Crippen LogP contribution < -0.4 is 16.0 Å². The van der Waals surface area contributed by atoms with Gasteiger partial charge in [-0.05, 0) is 33.3 Å². The Bertz CT molecular complexity index is 497. The summed E-state index contributed by atoms with van der Waals surface area (Å²) >= 11 is 0. The third-order valence-corrected chi connectivity index (χ3v) is 3.47. The molecule has 0 bridgehead atoms. The van der Waals surface area contributed by atoms with Crippen LogP contribution >= 0.6 is 0 Å². The fourth-order valence-electron chi connectivity index (χ4n) is 2.04. The number of hydrogen-bond acceptors (Lipinski definition) is 2. The molecule has 1 aromatic carbocycles. The summed E-state index contributed by atoms with van der Waals surface area (Å²) in [6.45, 7) is 9.08. The number of amides is 1. The van der Waals surface area contributed by atoms with Crippen LogP contribution in [0.3, 0.4) is 0 Å². The minimum atomic E-state index is -0.535. The quantitative estimate of drug-likeness (QED) is 0.557. The summed E-state index contributed by atoms with van der Waals surface area (Å²) in [7, 11) is 1.65. The molecule has 0 radical (unpaired) electrons. The van der Waals surface area contributed by atoms with Crippen molar-refractivity contribution in [1.82, 2.24) is 16.0 Å². The van der Waals surface area contributed by atoms with Gasteiger partial charge >= 0.3 is 0 Å². The molecular formula is C17H28N4O. The van der Waals surface area contributed by atoms with Gasteiger partial charge in [0.05, 0.1) is 18.0 Å². The topological polar surface area (TPSA) is 65.5 Å². The molecule has 5 nitrogen and oxygen atoms in total. The van der Waals surface area contributed by atoms with Gasteiger partial charge in [-0.25, -0.2) is 0 Å². The molecule has 1 rings (SSSR count). The molecule has 5 heteroatoms. The maximum atomic E-state index is 11.8. The zero-order valence-corrected chi connectivity index (χ0v) is 14.2. The second kappa shape index (κ2) is 8.41. The van der Waals surface area contributed by atoms with Crippen LogP contribution in [0.5, 0.6) is 0 Å². The highest BCUT2D eigenvalue weighted by atomic mass is 16.2. The standard InChI is InChI=1S/C17H28N4O/c1-6-19-16(20-12-17(3,4)15(22)18-5)21-13(2)14-10-8-7-9-11-14/h7-11,13H,6,12H2,1-5H3,(H,18,22)(H2,19,20,21). The van der Waals surface area contributed by atoms with Gasteiger partial charge in [0.25, 0.3) is 0 Å². The summed E-state index contributed by atoms with van der Waals surface area (Å²) in [5, 5.41) is 9.27. The number of nitrogens with zero attached hydrogens (tertiary/aromatic N) is 1. The molecule has 22 heavy (non-hydrogen) atoms. The van der Waals surface area contributed by atoms with Crippen molar-refractivity contribution < 1.29 is 4.79 Å². The second-order valence-corrected chi connectivity index (χ2v) is 5.93. The van der Waals surface area contributed by atoms with Gasteiger partial charge in [-0.2, -0.15) is 0 Å². The van der Waals surface area contributed by atoms with Crippen LogP contribution in [0.1, 0.15) is 39.3 Å². The van der Waals surface area contributed by atoms with E-state index in [1.54, 1.807) is 7.05 Å². The van der Waals surface area contributed by atoms with E-state index >= 15 is 0 Å². The molecule has 0 aliphatic carbocycles. The molecule has 0 aromatic heterocycles. The molecule has 1 amide bonds. The Morgan fingerprint density at radius 3 is 2.45 bits per heavy atom. The third kappa shape index (κ3) is 5.39. The minimum absolute atomic E-state index is 0.0109. The Morgan fingerprint density at radius 2 is 1.91 bits per heavy atom. The number of rotatable bonds is 6. The van der Waals surface area contributed by atoms with Gasteiger partial charge in [0.15, 0.2) is 5.96 Å². The third-order valence-electron chi connectivity index (χ3n) is 3.47. The molecule has 3 N–H and O–H groups in total. The van der Waals surface area contributed by atoms with Gasteiger partial charge in [0.1, 0.15) is 0 Å². The first-order valence-electron chi connectivity index (χ1n) is 7.72. The lowest BCUT2D eigenvalue weighted by Gasteiger charge is -2.22. The van der Waals surface area contributed by atoms with Crippen LogP contribution in [0.4, 0.5) is 0 Å². The summed E-state index contributed by atoms with van der Waals surface area (Å²) in [5.74, 6) is 0.707. The van der Waals surface area contributed by atoms with Crippen molar-refractivity contribution in [3.63, 3.8) is 0 Å². The molecule has 122 valence electrons. The zero-order chi connectivity index (χ0) is 16.6. The fraction of sp³-hybridized carbons (Fsp3) is 0.529. The average Bonchev–Trinajstić information content (AvgIpc) is 2.52. The van der Waals surface area contributed by atoms with Crippen LogP contribution in [0, 0.1) is 5.41 Å². The van der Waals surface area contributed by atoms with Crippen LogP contribution in [0.2, 0.25) is 0 Å². The average molecular weight is 304 g/mol. The number of carbonyl (C=O) groups excluding carboxylic acids is 1. The second-order valence-electron chi connectivity index (χ2n) is 5.93. The monoisotopic (exact) mass is 304 g/mol. The summed E-state index contributed by atoms with van der Waals surface area (Å²) in [4.78, 5) is 16.4. The number of carbonyl (C=O) groups is 1. The lowest BCUT2D eigenvalue weighted by Crippen LogP contribution is -2.41. The van der Waals surface area contributed by atoms with E-state index in [4.69, 9.17) is 0 Å². The van der Waals surface area contributed by atoms with E-state index in [-0.39, 0.29) is 11.9 Å². The molecule has 0 aliphatic heterocycles. The molecule has 1 atom stereocenters. The maximum Gasteiger partial charge on any atom is 0.227 e. The van der Waals surface area contributed by atoms with E-state index in [0.29, 0.717) is 6.54 Å². The van der Waals surface area contributed by atoms with Crippen LogP contribution in [-0.4, -0.2) is 32.0 Å². The van der Waals surface area contributed by atoms with E-state index in [0.717, 1.165) is 12.5 Å². The van der Waals surface area contributed by atoms with Gasteiger partial charge in [-0.3, -0.25) is 9.79 Å². The molecule has 1 unspecified atom stereocenters. The van der Waals surface area contributed by atoms with Gasteiger partial charge < -0.3 is 16.0 Å². The van der Waals surface area contributed by atoms with Crippen LogP contribution in [-0.2, 0) is 4.79 Å². The highest BCUT2D eigenvalue weighted by molar-refractivity contribution is 5.83. The van der Waals surface area contributed by atoms with Gasteiger partial charge in [-0.1, -0.05) is 30.3 Å². The Morgan fingerprint density at radius 1 is 1.27 bits per heavy atom.